The number of ether oxygens (including phenoxy) is 1. The molecule has 1 saturated carbocycles. The lowest BCUT2D eigenvalue weighted by molar-refractivity contribution is 0.249. The van der Waals surface area contributed by atoms with Crippen LogP contribution in [-0.4, -0.2) is 25.7 Å². The fraction of sp³-hybridized carbons (Fsp3) is 0.500. The number of hydrogen-bond donors (Lipinski definition) is 3. The molecule has 5 heteroatoms. The highest BCUT2D eigenvalue weighted by Crippen LogP contribution is 2.24. The van der Waals surface area contributed by atoms with Crippen LogP contribution in [0.3, 0.4) is 0 Å². The molecular weight excluding hydrogens is 242 g/mol. The van der Waals surface area contributed by atoms with Crippen molar-refractivity contribution in [2.75, 3.05) is 19.0 Å². The van der Waals surface area contributed by atoms with E-state index in [4.69, 9.17) is 10.5 Å². The monoisotopic (exact) mass is 263 g/mol. The third-order valence-electron chi connectivity index (χ3n) is 3.60. The van der Waals surface area contributed by atoms with Crippen molar-refractivity contribution >= 4 is 11.7 Å². The molecule has 4 N–H and O–H groups in total. The minimum Gasteiger partial charge on any atom is -0.495 e. The summed E-state index contributed by atoms with van der Waals surface area (Å²) in [5.74, 6) is 1.04. The first-order chi connectivity index (χ1) is 9.20. The average Bonchev–Trinajstić information content (AvgIpc) is 2.82. The van der Waals surface area contributed by atoms with E-state index in [9.17, 15) is 4.79 Å². The van der Waals surface area contributed by atoms with E-state index in [1.165, 1.54) is 0 Å². The molecule has 2 rings (SSSR count). The van der Waals surface area contributed by atoms with E-state index in [-0.39, 0.29) is 12.1 Å². The van der Waals surface area contributed by atoms with Gasteiger partial charge in [0.15, 0.2) is 0 Å². The standard InChI is InChI=1S/C14H21N3O2/c1-19-13-8-3-2-7-12(13)17-14(18)16-9-10-5-4-6-11(10)15/h2-3,7-8,10-11H,4-6,9,15H2,1H3,(H2,16,17,18). The molecule has 0 aliphatic heterocycles. The smallest absolute Gasteiger partial charge is 0.319 e. The van der Waals surface area contributed by atoms with Crippen molar-refractivity contribution < 1.29 is 9.53 Å². The third kappa shape index (κ3) is 3.61. The third-order valence-corrected chi connectivity index (χ3v) is 3.60. The second kappa shape index (κ2) is 6.43. The zero-order chi connectivity index (χ0) is 13.7. The van der Waals surface area contributed by atoms with Crippen LogP contribution in [0.2, 0.25) is 0 Å². The van der Waals surface area contributed by atoms with Crippen LogP contribution in [0.4, 0.5) is 10.5 Å². The number of urea groups is 1. The molecule has 1 aromatic rings. The Morgan fingerprint density at radius 3 is 2.89 bits per heavy atom. The Bertz CT molecular complexity index is 436. The summed E-state index contributed by atoms with van der Waals surface area (Å²) in [6, 6.07) is 7.32. The van der Waals surface area contributed by atoms with Crippen LogP contribution in [0.5, 0.6) is 5.75 Å². The van der Waals surface area contributed by atoms with Gasteiger partial charge in [0.05, 0.1) is 12.8 Å². The molecule has 0 radical (unpaired) electrons. The summed E-state index contributed by atoms with van der Waals surface area (Å²) in [5.41, 5.74) is 6.64. The molecule has 0 spiro atoms. The maximum Gasteiger partial charge on any atom is 0.319 e. The van der Waals surface area contributed by atoms with Gasteiger partial charge in [-0.05, 0) is 30.9 Å². The number of anilines is 1. The van der Waals surface area contributed by atoms with E-state index in [0.717, 1.165) is 19.3 Å². The van der Waals surface area contributed by atoms with E-state index < -0.39 is 0 Å². The predicted molar refractivity (Wildman–Crippen MR) is 75.3 cm³/mol. The minimum atomic E-state index is -0.219. The van der Waals surface area contributed by atoms with Gasteiger partial charge in [-0.3, -0.25) is 0 Å². The Hall–Kier alpha value is -1.75. The van der Waals surface area contributed by atoms with Crippen LogP contribution in [0.25, 0.3) is 0 Å². The van der Waals surface area contributed by atoms with Crippen LogP contribution >= 0.6 is 0 Å². The molecule has 5 nitrogen and oxygen atoms in total. The van der Waals surface area contributed by atoms with Gasteiger partial charge in [-0.15, -0.1) is 0 Å². The van der Waals surface area contributed by atoms with E-state index in [2.05, 4.69) is 10.6 Å². The lowest BCUT2D eigenvalue weighted by atomic mass is 10.1. The predicted octanol–water partition coefficient (Wildman–Crippen LogP) is 1.94. The summed E-state index contributed by atoms with van der Waals surface area (Å²) >= 11 is 0. The molecule has 104 valence electrons. The van der Waals surface area contributed by atoms with Gasteiger partial charge >= 0.3 is 6.03 Å². The number of methoxy groups -OCH3 is 1. The van der Waals surface area contributed by atoms with Crippen molar-refractivity contribution in [2.24, 2.45) is 11.7 Å². The zero-order valence-electron chi connectivity index (χ0n) is 11.2. The molecule has 0 bridgehead atoms. The summed E-state index contributed by atoms with van der Waals surface area (Å²) in [6.07, 6.45) is 3.30. The molecule has 0 aromatic heterocycles. The van der Waals surface area contributed by atoms with Gasteiger partial charge in [-0.2, -0.15) is 0 Å². The lowest BCUT2D eigenvalue weighted by Gasteiger charge is -2.16. The van der Waals surface area contributed by atoms with Crippen molar-refractivity contribution in [2.45, 2.75) is 25.3 Å². The first kappa shape index (κ1) is 13.7. The van der Waals surface area contributed by atoms with E-state index in [1.807, 2.05) is 18.2 Å². The maximum atomic E-state index is 11.8. The van der Waals surface area contributed by atoms with Crippen molar-refractivity contribution in [1.82, 2.24) is 5.32 Å². The first-order valence-corrected chi connectivity index (χ1v) is 6.64. The van der Waals surface area contributed by atoms with Gasteiger partial charge in [0.2, 0.25) is 0 Å². The summed E-state index contributed by atoms with van der Waals surface area (Å²) in [7, 11) is 1.58. The number of hydrogen-bond acceptors (Lipinski definition) is 3. The second-order valence-electron chi connectivity index (χ2n) is 4.89. The number of rotatable bonds is 4. The fourth-order valence-corrected chi connectivity index (χ4v) is 2.46. The molecular formula is C14H21N3O2. The molecule has 0 saturated heterocycles. The number of benzene rings is 1. The normalized spacial score (nSPS) is 22.0. The fourth-order valence-electron chi connectivity index (χ4n) is 2.46. The van der Waals surface area contributed by atoms with Crippen molar-refractivity contribution in [3.63, 3.8) is 0 Å². The molecule has 0 heterocycles. The summed E-state index contributed by atoms with van der Waals surface area (Å²) < 4.78 is 5.18. The van der Waals surface area contributed by atoms with Gasteiger partial charge in [-0.1, -0.05) is 18.6 Å². The summed E-state index contributed by atoms with van der Waals surface area (Å²) in [6.45, 7) is 0.627. The number of carbonyl (C=O) groups is 1. The van der Waals surface area contributed by atoms with Gasteiger partial charge < -0.3 is 21.1 Å². The molecule has 2 atom stereocenters. The van der Waals surface area contributed by atoms with Gasteiger partial charge in [0.25, 0.3) is 0 Å². The Labute approximate surface area is 113 Å². The summed E-state index contributed by atoms with van der Waals surface area (Å²) in [4.78, 5) is 11.8. The SMILES string of the molecule is COc1ccccc1NC(=O)NCC1CCCC1N. The maximum absolute atomic E-state index is 11.8. The lowest BCUT2D eigenvalue weighted by Crippen LogP contribution is -2.38. The van der Waals surface area contributed by atoms with E-state index in [1.54, 1.807) is 13.2 Å². The molecule has 1 aliphatic carbocycles. The molecule has 1 aliphatic rings. The van der Waals surface area contributed by atoms with Crippen LogP contribution in [0.1, 0.15) is 19.3 Å². The van der Waals surface area contributed by atoms with Crippen molar-refractivity contribution in [3.05, 3.63) is 24.3 Å². The quantitative estimate of drug-likeness (QED) is 0.777. The molecule has 1 fully saturated rings. The highest BCUT2D eigenvalue weighted by Gasteiger charge is 2.24. The number of carbonyl (C=O) groups excluding carboxylic acids is 1. The summed E-state index contributed by atoms with van der Waals surface area (Å²) in [5, 5.41) is 5.65. The van der Waals surface area contributed by atoms with Crippen LogP contribution < -0.4 is 21.1 Å². The second-order valence-corrected chi connectivity index (χ2v) is 4.89. The molecule has 1 aromatic carbocycles. The largest absolute Gasteiger partial charge is 0.495 e. The Balaban J connectivity index is 1.84. The number of para-hydroxylation sites is 2. The van der Waals surface area contributed by atoms with Gasteiger partial charge in [0.1, 0.15) is 5.75 Å². The minimum absolute atomic E-state index is 0.214. The van der Waals surface area contributed by atoms with Crippen molar-refractivity contribution in [1.29, 1.82) is 0 Å². The van der Waals surface area contributed by atoms with E-state index in [0.29, 0.717) is 23.9 Å². The highest BCUT2D eigenvalue weighted by molar-refractivity contribution is 5.90. The zero-order valence-corrected chi connectivity index (χ0v) is 11.2. The van der Waals surface area contributed by atoms with Gasteiger partial charge in [0, 0.05) is 12.6 Å². The Morgan fingerprint density at radius 1 is 1.42 bits per heavy atom. The molecule has 19 heavy (non-hydrogen) atoms. The molecule has 2 amide bonds. The van der Waals surface area contributed by atoms with Gasteiger partial charge in [-0.25, -0.2) is 4.79 Å². The number of amides is 2. The van der Waals surface area contributed by atoms with Crippen LogP contribution in [-0.2, 0) is 0 Å². The van der Waals surface area contributed by atoms with Crippen LogP contribution in [0, 0.1) is 5.92 Å². The molecule has 2 unspecified atom stereocenters. The highest BCUT2D eigenvalue weighted by atomic mass is 16.5. The topological polar surface area (TPSA) is 76.4 Å². The van der Waals surface area contributed by atoms with Crippen molar-refractivity contribution in [3.8, 4) is 5.75 Å². The van der Waals surface area contributed by atoms with Crippen LogP contribution in [0.15, 0.2) is 24.3 Å². The average molecular weight is 263 g/mol. The number of nitrogens with two attached hydrogens (primary N) is 1. The van der Waals surface area contributed by atoms with E-state index >= 15 is 0 Å². The first-order valence-electron chi connectivity index (χ1n) is 6.64. The Morgan fingerprint density at radius 2 is 2.21 bits per heavy atom. The Kier molecular flexibility index (Phi) is 4.63. The number of nitrogens with one attached hydrogen (secondary N) is 2.